The Morgan fingerprint density at radius 2 is 2.25 bits per heavy atom. The summed E-state index contributed by atoms with van der Waals surface area (Å²) in [7, 11) is 1.56. The van der Waals surface area contributed by atoms with Crippen LogP contribution in [0.4, 0.5) is 5.69 Å². The standard InChI is InChI=1S/C13H13N5O2/c1-17-12(19)9-4-13(7-14,8-15)11-6-20-3-2-18(11)10(9)5-16-17/h5,11H,2-4,6H2,1H3. The molecule has 0 aromatic carbocycles. The third-order valence-corrected chi connectivity index (χ3v) is 4.08. The highest BCUT2D eigenvalue weighted by Crippen LogP contribution is 2.40. The quantitative estimate of drug-likeness (QED) is 0.635. The molecule has 7 nitrogen and oxygen atoms in total. The predicted molar refractivity (Wildman–Crippen MR) is 68.8 cm³/mol. The van der Waals surface area contributed by atoms with Gasteiger partial charge in [-0.05, 0) is 0 Å². The first-order chi connectivity index (χ1) is 9.63. The van der Waals surface area contributed by atoms with E-state index in [0.29, 0.717) is 25.3 Å². The molecule has 0 bridgehead atoms. The van der Waals surface area contributed by atoms with Crippen molar-refractivity contribution in [3.05, 3.63) is 22.1 Å². The molecule has 1 saturated heterocycles. The topological polar surface area (TPSA) is 94.9 Å². The smallest absolute Gasteiger partial charge is 0.271 e. The van der Waals surface area contributed by atoms with Crippen LogP contribution in [0, 0.1) is 28.1 Å². The summed E-state index contributed by atoms with van der Waals surface area (Å²) >= 11 is 0. The molecular formula is C13H13N5O2. The SMILES string of the molecule is Cn1ncc2c(c1=O)CC(C#N)(C#N)C1COCCN21. The van der Waals surface area contributed by atoms with E-state index in [2.05, 4.69) is 17.2 Å². The lowest BCUT2D eigenvalue weighted by Crippen LogP contribution is -2.59. The molecule has 2 aliphatic heterocycles. The third kappa shape index (κ3) is 1.54. The minimum Gasteiger partial charge on any atom is -0.377 e. The summed E-state index contributed by atoms with van der Waals surface area (Å²) in [6.07, 6.45) is 1.75. The van der Waals surface area contributed by atoms with Crippen LogP contribution < -0.4 is 10.5 Å². The molecule has 0 saturated carbocycles. The Bertz CT molecular complexity index is 682. The van der Waals surface area contributed by atoms with Gasteiger partial charge in [-0.25, -0.2) is 4.68 Å². The summed E-state index contributed by atoms with van der Waals surface area (Å²) in [4.78, 5) is 14.2. The van der Waals surface area contributed by atoms with Gasteiger partial charge in [-0.15, -0.1) is 0 Å². The fourth-order valence-corrected chi connectivity index (χ4v) is 2.94. The molecule has 102 valence electrons. The molecule has 2 aliphatic rings. The first-order valence-corrected chi connectivity index (χ1v) is 6.35. The van der Waals surface area contributed by atoms with Crippen LogP contribution in [0.25, 0.3) is 0 Å². The van der Waals surface area contributed by atoms with Crippen molar-refractivity contribution in [2.24, 2.45) is 12.5 Å². The lowest BCUT2D eigenvalue weighted by molar-refractivity contribution is 0.0679. The van der Waals surface area contributed by atoms with Crippen molar-refractivity contribution in [3.63, 3.8) is 0 Å². The number of nitrogens with zero attached hydrogens (tertiary/aromatic N) is 5. The Morgan fingerprint density at radius 1 is 1.50 bits per heavy atom. The maximum Gasteiger partial charge on any atom is 0.271 e. The van der Waals surface area contributed by atoms with Crippen LogP contribution in [0.3, 0.4) is 0 Å². The first-order valence-electron chi connectivity index (χ1n) is 6.35. The maximum absolute atomic E-state index is 12.2. The Hall–Kier alpha value is -2.38. The number of hydrogen-bond acceptors (Lipinski definition) is 6. The molecule has 20 heavy (non-hydrogen) atoms. The van der Waals surface area contributed by atoms with Gasteiger partial charge in [0.1, 0.15) is 0 Å². The number of fused-ring (bicyclic) bond motifs is 3. The van der Waals surface area contributed by atoms with Gasteiger partial charge in [0.25, 0.3) is 5.56 Å². The highest BCUT2D eigenvalue weighted by atomic mass is 16.5. The van der Waals surface area contributed by atoms with Gasteiger partial charge in [0, 0.05) is 25.6 Å². The predicted octanol–water partition coefficient (Wildman–Crippen LogP) is -0.425. The molecule has 7 heteroatoms. The second-order valence-corrected chi connectivity index (χ2v) is 5.09. The number of aryl methyl sites for hydroxylation is 1. The number of nitriles is 2. The zero-order valence-electron chi connectivity index (χ0n) is 11.0. The minimum absolute atomic E-state index is 0.120. The van der Waals surface area contributed by atoms with E-state index in [1.807, 2.05) is 4.90 Å². The number of rotatable bonds is 0. The molecule has 1 aromatic rings. The Labute approximate surface area is 115 Å². The fraction of sp³-hybridized carbons (Fsp3) is 0.538. The summed E-state index contributed by atoms with van der Waals surface area (Å²) in [5.41, 5.74) is -0.283. The van der Waals surface area contributed by atoms with Gasteiger partial charge in [-0.3, -0.25) is 4.79 Å². The van der Waals surface area contributed by atoms with Crippen molar-refractivity contribution < 1.29 is 4.74 Å². The monoisotopic (exact) mass is 271 g/mol. The van der Waals surface area contributed by atoms with E-state index < -0.39 is 5.41 Å². The second-order valence-electron chi connectivity index (χ2n) is 5.09. The van der Waals surface area contributed by atoms with Gasteiger partial charge >= 0.3 is 0 Å². The van der Waals surface area contributed by atoms with Gasteiger partial charge in [0.15, 0.2) is 5.41 Å². The Morgan fingerprint density at radius 3 is 2.95 bits per heavy atom. The van der Waals surface area contributed by atoms with Crippen LogP contribution in [0.2, 0.25) is 0 Å². The molecule has 3 heterocycles. The minimum atomic E-state index is -1.25. The summed E-state index contributed by atoms with van der Waals surface area (Å²) in [5.74, 6) is 0. The number of hydrogen-bond donors (Lipinski definition) is 0. The number of anilines is 1. The van der Waals surface area contributed by atoms with E-state index >= 15 is 0 Å². The summed E-state index contributed by atoms with van der Waals surface area (Å²) < 4.78 is 6.65. The Balaban J connectivity index is 2.24. The average molecular weight is 271 g/mol. The summed E-state index contributed by atoms with van der Waals surface area (Å²) in [6, 6.07) is 3.85. The number of aromatic nitrogens is 2. The highest BCUT2D eigenvalue weighted by Gasteiger charge is 2.50. The van der Waals surface area contributed by atoms with Gasteiger partial charge in [0.05, 0.1) is 43.3 Å². The zero-order chi connectivity index (χ0) is 14.3. The summed E-state index contributed by atoms with van der Waals surface area (Å²) in [6.45, 7) is 1.38. The molecule has 1 aromatic heterocycles. The normalized spacial score (nSPS) is 23.1. The fourth-order valence-electron chi connectivity index (χ4n) is 2.94. The average Bonchev–Trinajstić information content (AvgIpc) is 2.50. The lowest BCUT2D eigenvalue weighted by atomic mass is 9.73. The van der Waals surface area contributed by atoms with E-state index in [0.717, 1.165) is 5.69 Å². The van der Waals surface area contributed by atoms with Gasteiger partial charge in [-0.1, -0.05) is 0 Å². The zero-order valence-corrected chi connectivity index (χ0v) is 11.0. The van der Waals surface area contributed by atoms with Crippen LogP contribution >= 0.6 is 0 Å². The first kappa shape index (κ1) is 12.6. The molecule has 1 fully saturated rings. The largest absolute Gasteiger partial charge is 0.377 e. The lowest BCUT2D eigenvalue weighted by Gasteiger charge is -2.46. The molecular weight excluding hydrogens is 258 g/mol. The summed E-state index contributed by atoms with van der Waals surface area (Å²) in [5, 5.41) is 23.0. The van der Waals surface area contributed by atoms with E-state index in [-0.39, 0.29) is 18.0 Å². The molecule has 0 N–H and O–H groups in total. The van der Waals surface area contributed by atoms with Crippen molar-refractivity contribution in [2.45, 2.75) is 12.5 Å². The van der Waals surface area contributed by atoms with Gasteiger partial charge in [-0.2, -0.15) is 15.6 Å². The maximum atomic E-state index is 12.2. The second kappa shape index (κ2) is 4.32. The van der Waals surface area contributed by atoms with Crippen molar-refractivity contribution in [3.8, 4) is 12.1 Å². The Kier molecular flexibility index (Phi) is 2.73. The molecule has 1 atom stereocenters. The van der Waals surface area contributed by atoms with Crippen molar-refractivity contribution >= 4 is 5.69 Å². The number of ether oxygens (including phenoxy) is 1. The molecule has 0 amide bonds. The van der Waals surface area contributed by atoms with Crippen LogP contribution in [0.5, 0.6) is 0 Å². The van der Waals surface area contributed by atoms with Gasteiger partial charge < -0.3 is 9.64 Å². The van der Waals surface area contributed by atoms with E-state index in [1.165, 1.54) is 4.68 Å². The van der Waals surface area contributed by atoms with E-state index in [9.17, 15) is 15.3 Å². The molecule has 0 spiro atoms. The molecule has 0 radical (unpaired) electrons. The third-order valence-electron chi connectivity index (χ3n) is 4.08. The molecule has 1 unspecified atom stereocenters. The van der Waals surface area contributed by atoms with Crippen molar-refractivity contribution in [1.29, 1.82) is 10.5 Å². The van der Waals surface area contributed by atoms with Crippen LogP contribution in [0.1, 0.15) is 5.56 Å². The van der Waals surface area contributed by atoms with Gasteiger partial charge in [0.2, 0.25) is 0 Å². The van der Waals surface area contributed by atoms with Crippen molar-refractivity contribution in [2.75, 3.05) is 24.7 Å². The molecule has 0 aliphatic carbocycles. The van der Waals surface area contributed by atoms with Crippen molar-refractivity contribution in [1.82, 2.24) is 9.78 Å². The van der Waals surface area contributed by atoms with Crippen LogP contribution in [0.15, 0.2) is 11.0 Å². The van der Waals surface area contributed by atoms with Crippen LogP contribution in [-0.4, -0.2) is 35.6 Å². The van der Waals surface area contributed by atoms with E-state index in [1.54, 1.807) is 13.2 Å². The highest BCUT2D eigenvalue weighted by molar-refractivity contribution is 5.58. The molecule has 3 rings (SSSR count). The van der Waals surface area contributed by atoms with E-state index in [4.69, 9.17) is 4.74 Å². The number of morpholine rings is 1. The van der Waals surface area contributed by atoms with Crippen LogP contribution in [-0.2, 0) is 18.2 Å².